The van der Waals surface area contributed by atoms with E-state index < -0.39 is 24.6 Å². The Morgan fingerprint density at radius 1 is 0.957 bits per heavy atom. The molecule has 250 valence electrons. The van der Waals surface area contributed by atoms with E-state index in [1.165, 1.54) is 11.3 Å². The van der Waals surface area contributed by atoms with Crippen molar-refractivity contribution in [2.24, 2.45) is 0 Å². The molecule has 1 aromatic heterocycles. The summed E-state index contributed by atoms with van der Waals surface area (Å²) in [7, 11) is 0. The van der Waals surface area contributed by atoms with Gasteiger partial charge in [0.25, 0.3) is 0 Å². The number of nitrogens with zero attached hydrogens (tertiary/aromatic N) is 2. The van der Waals surface area contributed by atoms with E-state index in [0.29, 0.717) is 32.2 Å². The Morgan fingerprint density at radius 2 is 1.62 bits per heavy atom. The fraction of sp³-hybridized carbons (Fsp3) is 0.412. The van der Waals surface area contributed by atoms with Crippen molar-refractivity contribution in [3.8, 4) is 0 Å². The van der Waals surface area contributed by atoms with Crippen LogP contribution in [0.3, 0.4) is 0 Å². The highest BCUT2D eigenvalue weighted by molar-refractivity contribution is 8.03. The maximum absolute atomic E-state index is 13.5. The number of nitrogens with one attached hydrogen (secondary N) is 4. The van der Waals surface area contributed by atoms with Crippen LogP contribution in [0.5, 0.6) is 0 Å². The number of benzene rings is 2. The third kappa shape index (κ3) is 11.3. The molecule has 1 saturated carbocycles. The lowest BCUT2D eigenvalue weighted by Crippen LogP contribution is -2.55. The molecule has 0 radical (unpaired) electrons. The Bertz CT molecular complexity index is 1460. The fourth-order valence-electron chi connectivity index (χ4n) is 5.38. The zero-order valence-electron chi connectivity index (χ0n) is 26.2. The molecule has 1 aliphatic heterocycles. The Labute approximate surface area is 283 Å². The number of thiazole rings is 1. The number of aliphatic hydroxyl groups is 1. The van der Waals surface area contributed by atoms with Gasteiger partial charge in [-0.25, -0.2) is 9.59 Å². The number of hydrogen-bond donors (Lipinski definition) is 5. The largest absolute Gasteiger partial charge is 0.444 e. The van der Waals surface area contributed by atoms with Gasteiger partial charge in [0, 0.05) is 40.3 Å². The first kappa shape index (κ1) is 34.3. The minimum Gasteiger partial charge on any atom is -0.444 e. The summed E-state index contributed by atoms with van der Waals surface area (Å²) < 4.78 is 5.49. The van der Waals surface area contributed by atoms with Crippen LogP contribution in [0.2, 0.25) is 0 Å². The number of alkyl carbamates (subject to hydrolysis) is 1. The highest BCUT2D eigenvalue weighted by Gasteiger charge is 2.35. The maximum atomic E-state index is 13.5. The molecule has 11 nitrogen and oxygen atoms in total. The van der Waals surface area contributed by atoms with Gasteiger partial charge in [-0.3, -0.25) is 9.78 Å². The maximum Gasteiger partial charge on any atom is 0.407 e. The minimum atomic E-state index is -1.12. The Hall–Kier alpha value is -4.07. The molecule has 3 aromatic rings. The van der Waals surface area contributed by atoms with E-state index in [2.05, 4.69) is 26.3 Å². The van der Waals surface area contributed by atoms with Crippen LogP contribution in [-0.4, -0.2) is 76.3 Å². The minimum absolute atomic E-state index is 0.108. The predicted octanol–water partition coefficient (Wildman–Crippen LogP) is 4.16. The molecule has 5 rings (SSSR count). The van der Waals surface area contributed by atoms with Crippen molar-refractivity contribution in [3.05, 3.63) is 99.5 Å². The molecule has 4 amide bonds. The predicted molar refractivity (Wildman–Crippen MR) is 183 cm³/mol. The van der Waals surface area contributed by atoms with Crippen molar-refractivity contribution < 1.29 is 24.2 Å². The summed E-state index contributed by atoms with van der Waals surface area (Å²) in [6.45, 7) is 0.0665. The number of ether oxygens (including phenoxy) is 1. The van der Waals surface area contributed by atoms with Gasteiger partial charge in [0.1, 0.15) is 12.6 Å². The third-order valence-corrected chi connectivity index (χ3v) is 9.67. The number of thioether (sulfide) groups is 1. The van der Waals surface area contributed by atoms with Crippen LogP contribution >= 0.6 is 23.1 Å². The number of hydrogen-bond acceptors (Lipinski definition) is 9. The van der Waals surface area contributed by atoms with E-state index in [4.69, 9.17) is 4.74 Å². The van der Waals surface area contributed by atoms with Gasteiger partial charge in [-0.2, -0.15) is 0 Å². The number of amides is 4. The Balaban J connectivity index is 1.23. The lowest BCUT2D eigenvalue weighted by Gasteiger charge is -2.27. The van der Waals surface area contributed by atoms with Crippen molar-refractivity contribution in [1.29, 1.82) is 0 Å². The second-order valence-corrected chi connectivity index (χ2v) is 13.8. The molecular formula is C34H42N6O5S2. The zero-order chi connectivity index (χ0) is 32.8. The molecule has 0 saturated heterocycles. The van der Waals surface area contributed by atoms with Crippen molar-refractivity contribution >= 4 is 41.1 Å². The van der Waals surface area contributed by atoms with E-state index in [9.17, 15) is 19.5 Å². The summed E-state index contributed by atoms with van der Waals surface area (Å²) in [5, 5.41) is 22.1. The van der Waals surface area contributed by atoms with Crippen LogP contribution in [0.1, 0.15) is 41.7 Å². The highest BCUT2D eigenvalue weighted by atomic mass is 32.2. The highest BCUT2D eigenvalue weighted by Crippen LogP contribution is 2.29. The van der Waals surface area contributed by atoms with E-state index >= 15 is 0 Å². The van der Waals surface area contributed by atoms with Gasteiger partial charge in [-0.1, -0.05) is 60.7 Å². The normalized spacial score (nSPS) is 15.8. The molecule has 2 aliphatic rings. The monoisotopic (exact) mass is 678 g/mol. The van der Waals surface area contributed by atoms with Crippen LogP contribution < -0.4 is 21.3 Å². The molecule has 3 atom stereocenters. The number of aliphatic hydroxyl groups excluding tert-OH is 1. The average molecular weight is 679 g/mol. The van der Waals surface area contributed by atoms with Gasteiger partial charge in [0.2, 0.25) is 5.91 Å². The first-order valence-electron chi connectivity index (χ1n) is 15.9. The van der Waals surface area contributed by atoms with Crippen molar-refractivity contribution in [2.45, 2.75) is 69.2 Å². The first-order chi connectivity index (χ1) is 23.0. The number of carbonyl (C=O) groups is 3. The quantitative estimate of drug-likeness (QED) is 0.143. The van der Waals surface area contributed by atoms with E-state index in [1.807, 2.05) is 66.9 Å². The smallest absolute Gasteiger partial charge is 0.407 e. The van der Waals surface area contributed by atoms with Gasteiger partial charge in [-0.05, 0) is 49.7 Å². The molecule has 3 unspecified atom stereocenters. The average Bonchev–Trinajstić information content (AvgIpc) is 3.52. The van der Waals surface area contributed by atoms with Gasteiger partial charge < -0.3 is 36.0 Å². The number of carbonyl (C=O) groups excluding carboxylic acids is 3. The molecular weight excluding hydrogens is 637 g/mol. The second-order valence-electron chi connectivity index (χ2n) is 11.7. The lowest BCUT2D eigenvalue weighted by atomic mass is 9.96. The summed E-state index contributed by atoms with van der Waals surface area (Å²) in [4.78, 5) is 47.4. The van der Waals surface area contributed by atoms with E-state index in [0.717, 1.165) is 39.6 Å². The summed E-state index contributed by atoms with van der Waals surface area (Å²) in [5.74, 6) is 0.302. The Kier molecular flexibility index (Phi) is 12.9. The van der Waals surface area contributed by atoms with Crippen LogP contribution in [0, 0.1) is 0 Å². The van der Waals surface area contributed by atoms with Crippen LogP contribution in [0.4, 0.5) is 9.59 Å². The van der Waals surface area contributed by atoms with E-state index in [-0.39, 0.29) is 30.8 Å². The van der Waals surface area contributed by atoms with Crippen LogP contribution in [0.25, 0.3) is 0 Å². The number of aromatic nitrogens is 1. The standard InChI is InChI=1S/C34H42N6O5S2/c41-20-31(39-33(43)40(28-13-14-28)19-29-17-35-22-46-29)32(42)37-26(15-24-7-3-1-4-8-24)11-12-27(16-25-9-5-2-6-10-25)38-34(44)45-21-30-18-36-23-47-30/h1-10,17-18,22,26-28,31,36,41H,11-16,19-21,23H2,(H,37,42)(H,38,44)(H,39,43). The number of rotatable bonds is 17. The lowest BCUT2D eigenvalue weighted by molar-refractivity contribution is -0.124. The van der Waals surface area contributed by atoms with Crippen LogP contribution in [0.15, 0.2) is 83.5 Å². The second kappa shape index (κ2) is 17.7. The SMILES string of the molecule is O=C(NC(CCC(Cc1ccccc1)NC(=O)C(CO)NC(=O)N(Cc1cncs1)C1CC1)Cc1ccccc1)OCC1=CNCS1. The van der Waals surface area contributed by atoms with Crippen molar-refractivity contribution in [3.63, 3.8) is 0 Å². The van der Waals surface area contributed by atoms with Gasteiger partial charge in [0.05, 0.1) is 24.5 Å². The summed E-state index contributed by atoms with van der Waals surface area (Å²) in [6, 6.07) is 17.8. The zero-order valence-corrected chi connectivity index (χ0v) is 27.8. The molecule has 0 spiro atoms. The third-order valence-electron chi connectivity index (χ3n) is 7.99. The Morgan fingerprint density at radius 3 is 2.17 bits per heavy atom. The molecule has 47 heavy (non-hydrogen) atoms. The summed E-state index contributed by atoms with van der Waals surface area (Å²) >= 11 is 3.07. The summed E-state index contributed by atoms with van der Waals surface area (Å²) in [6.07, 6.45) is 7.12. The van der Waals surface area contributed by atoms with Crippen molar-refractivity contribution in [1.82, 2.24) is 31.2 Å². The van der Waals surface area contributed by atoms with Gasteiger partial charge in [0.15, 0.2) is 0 Å². The van der Waals surface area contributed by atoms with Crippen LogP contribution in [-0.2, 0) is 28.9 Å². The van der Waals surface area contributed by atoms with E-state index in [1.54, 1.807) is 28.4 Å². The molecule has 1 aliphatic carbocycles. The molecule has 13 heteroatoms. The van der Waals surface area contributed by atoms with Gasteiger partial charge in [-0.15, -0.1) is 23.1 Å². The molecule has 0 bridgehead atoms. The summed E-state index contributed by atoms with van der Waals surface area (Å²) in [5.41, 5.74) is 3.83. The molecule has 2 aromatic carbocycles. The first-order valence-corrected chi connectivity index (χ1v) is 17.8. The topological polar surface area (TPSA) is 145 Å². The molecule has 2 heterocycles. The van der Waals surface area contributed by atoms with Crippen molar-refractivity contribution in [2.75, 3.05) is 19.1 Å². The molecule has 1 fully saturated rings. The van der Waals surface area contributed by atoms with Gasteiger partial charge >= 0.3 is 12.1 Å². The molecule has 5 N–H and O–H groups in total. The fourth-order valence-corrected chi connectivity index (χ4v) is 6.63. The number of urea groups is 1.